The number of alkyl halides is 2. The molecule has 0 radical (unpaired) electrons. The summed E-state index contributed by atoms with van der Waals surface area (Å²) < 4.78 is 39.2. The number of benzene rings is 2. The van der Waals surface area contributed by atoms with Gasteiger partial charge < -0.3 is 19.5 Å². The van der Waals surface area contributed by atoms with Gasteiger partial charge in [0.25, 0.3) is 5.91 Å². The van der Waals surface area contributed by atoms with E-state index in [0.717, 1.165) is 6.07 Å². The van der Waals surface area contributed by atoms with E-state index in [0.29, 0.717) is 11.8 Å². The maximum atomic E-state index is 12.9. The largest absolute Gasteiger partial charge is 0.586 e. The number of nitrogens with one attached hydrogen (secondary N) is 1. The summed E-state index contributed by atoms with van der Waals surface area (Å²) in [6.45, 7) is -0.584. The Hall–Kier alpha value is -3.49. The molecule has 0 aromatic heterocycles. The van der Waals surface area contributed by atoms with Gasteiger partial charge in [0.1, 0.15) is 6.29 Å². The standard InChI is InChI=1S/C17H11F2NO6/c18-17(19)25-13-6-5-12(7-14(13)26-17)20-15(22)9-24-16(23)11-3-1-10(8-21)2-4-11/h1-8H,9H2,(H,20,22). The van der Waals surface area contributed by atoms with Crippen LogP contribution in [0.3, 0.4) is 0 Å². The van der Waals surface area contributed by atoms with E-state index in [1.165, 1.54) is 36.4 Å². The van der Waals surface area contributed by atoms with Crippen LogP contribution in [0.15, 0.2) is 42.5 Å². The molecule has 1 aliphatic heterocycles. The lowest BCUT2D eigenvalue weighted by Gasteiger charge is -2.07. The Morgan fingerprint density at radius 2 is 1.77 bits per heavy atom. The molecule has 2 aromatic rings. The molecule has 0 saturated heterocycles. The molecule has 7 nitrogen and oxygen atoms in total. The zero-order valence-corrected chi connectivity index (χ0v) is 13.0. The quantitative estimate of drug-likeness (QED) is 0.649. The summed E-state index contributed by atoms with van der Waals surface area (Å²) in [7, 11) is 0. The molecule has 2 aromatic carbocycles. The second-order valence-electron chi connectivity index (χ2n) is 5.19. The first-order valence-corrected chi connectivity index (χ1v) is 7.28. The molecule has 134 valence electrons. The van der Waals surface area contributed by atoms with E-state index in [9.17, 15) is 23.2 Å². The van der Waals surface area contributed by atoms with Crippen molar-refractivity contribution in [3.05, 3.63) is 53.6 Å². The maximum Gasteiger partial charge on any atom is 0.586 e. The van der Waals surface area contributed by atoms with Crippen molar-refractivity contribution >= 4 is 23.9 Å². The van der Waals surface area contributed by atoms with Crippen molar-refractivity contribution in [1.82, 2.24) is 0 Å². The van der Waals surface area contributed by atoms with Crippen molar-refractivity contribution in [2.75, 3.05) is 11.9 Å². The third kappa shape index (κ3) is 3.94. The number of aldehydes is 1. The summed E-state index contributed by atoms with van der Waals surface area (Å²) in [6, 6.07) is 9.37. The van der Waals surface area contributed by atoms with Crippen molar-refractivity contribution in [3.63, 3.8) is 0 Å². The van der Waals surface area contributed by atoms with Crippen LogP contribution in [-0.4, -0.2) is 31.1 Å². The summed E-state index contributed by atoms with van der Waals surface area (Å²) in [5, 5.41) is 2.38. The Bertz CT molecular complexity index is 866. The molecule has 1 amide bonds. The van der Waals surface area contributed by atoms with Crippen LogP contribution in [0.4, 0.5) is 14.5 Å². The third-order valence-corrected chi connectivity index (χ3v) is 3.30. The molecule has 0 spiro atoms. The lowest BCUT2D eigenvalue weighted by molar-refractivity contribution is -0.286. The first kappa shape index (κ1) is 17.3. The van der Waals surface area contributed by atoms with Crippen LogP contribution in [0.2, 0.25) is 0 Å². The summed E-state index contributed by atoms with van der Waals surface area (Å²) in [5.74, 6) is -1.80. The lowest BCUT2D eigenvalue weighted by Crippen LogP contribution is -2.25. The molecule has 0 bridgehead atoms. The van der Waals surface area contributed by atoms with Crippen LogP contribution in [0.1, 0.15) is 20.7 Å². The van der Waals surface area contributed by atoms with Gasteiger partial charge in [-0.3, -0.25) is 9.59 Å². The predicted molar refractivity (Wildman–Crippen MR) is 83.4 cm³/mol. The van der Waals surface area contributed by atoms with Gasteiger partial charge >= 0.3 is 12.3 Å². The monoisotopic (exact) mass is 363 g/mol. The van der Waals surface area contributed by atoms with E-state index in [-0.39, 0.29) is 22.7 Å². The SMILES string of the molecule is O=Cc1ccc(C(=O)OCC(=O)Nc2ccc3c(c2)OC(F)(F)O3)cc1. The van der Waals surface area contributed by atoms with E-state index in [1.807, 2.05) is 0 Å². The minimum Gasteiger partial charge on any atom is -0.452 e. The highest BCUT2D eigenvalue weighted by Crippen LogP contribution is 2.42. The second kappa shape index (κ2) is 6.79. The number of hydrogen-bond acceptors (Lipinski definition) is 6. The number of fused-ring (bicyclic) bond motifs is 1. The highest BCUT2D eigenvalue weighted by Gasteiger charge is 2.43. The lowest BCUT2D eigenvalue weighted by atomic mass is 10.1. The van der Waals surface area contributed by atoms with Gasteiger partial charge in [0.15, 0.2) is 18.1 Å². The van der Waals surface area contributed by atoms with E-state index in [1.54, 1.807) is 0 Å². The molecule has 1 heterocycles. The number of carbonyl (C=O) groups is 3. The van der Waals surface area contributed by atoms with E-state index in [2.05, 4.69) is 14.8 Å². The number of esters is 1. The van der Waals surface area contributed by atoms with Crippen molar-refractivity contribution in [3.8, 4) is 11.5 Å². The number of rotatable bonds is 5. The smallest absolute Gasteiger partial charge is 0.452 e. The Labute approximate surface area is 145 Å². The first-order chi connectivity index (χ1) is 12.4. The average molecular weight is 363 g/mol. The van der Waals surface area contributed by atoms with Crippen molar-refractivity contribution in [2.45, 2.75) is 6.29 Å². The number of halogens is 2. The Morgan fingerprint density at radius 1 is 1.08 bits per heavy atom. The van der Waals surface area contributed by atoms with Crippen LogP contribution < -0.4 is 14.8 Å². The highest BCUT2D eigenvalue weighted by atomic mass is 19.3. The fraction of sp³-hybridized carbons (Fsp3) is 0.118. The van der Waals surface area contributed by atoms with Crippen LogP contribution in [-0.2, 0) is 9.53 Å². The van der Waals surface area contributed by atoms with Gasteiger partial charge in [-0.05, 0) is 24.3 Å². The Morgan fingerprint density at radius 3 is 2.46 bits per heavy atom. The molecule has 0 fully saturated rings. The summed E-state index contributed by atoms with van der Waals surface area (Å²) in [4.78, 5) is 34.2. The molecule has 0 unspecified atom stereocenters. The fourth-order valence-corrected chi connectivity index (χ4v) is 2.14. The van der Waals surface area contributed by atoms with Gasteiger partial charge in [0.2, 0.25) is 0 Å². The van der Waals surface area contributed by atoms with Gasteiger partial charge in [-0.15, -0.1) is 8.78 Å². The Balaban J connectivity index is 1.54. The van der Waals surface area contributed by atoms with E-state index >= 15 is 0 Å². The summed E-state index contributed by atoms with van der Waals surface area (Å²) in [6.07, 6.45) is -3.12. The number of amides is 1. The Kier molecular flexibility index (Phi) is 4.53. The average Bonchev–Trinajstić information content (AvgIpc) is 2.92. The van der Waals surface area contributed by atoms with E-state index < -0.39 is 24.8 Å². The molecule has 0 atom stereocenters. The molecule has 0 saturated carbocycles. The van der Waals surface area contributed by atoms with Gasteiger partial charge in [0.05, 0.1) is 5.56 Å². The zero-order chi connectivity index (χ0) is 18.7. The molecule has 9 heteroatoms. The molecular formula is C17H11F2NO6. The third-order valence-electron chi connectivity index (χ3n) is 3.30. The molecule has 1 N–H and O–H groups in total. The number of anilines is 1. The zero-order valence-electron chi connectivity index (χ0n) is 13.0. The molecule has 0 aliphatic carbocycles. The van der Waals surface area contributed by atoms with Crippen LogP contribution in [0.25, 0.3) is 0 Å². The van der Waals surface area contributed by atoms with Gasteiger partial charge in [0, 0.05) is 17.3 Å². The van der Waals surface area contributed by atoms with Gasteiger partial charge in [-0.25, -0.2) is 4.79 Å². The summed E-state index contributed by atoms with van der Waals surface area (Å²) >= 11 is 0. The minimum atomic E-state index is -3.75. The van der Waals surface area contributed by atoms with Crippen molar-refractivity contribution < 1.29 is 37.4 Å². The highest BCUT2D eigenvalue weighted by molar-refractivity contribution is 5.96. The second-order valence-corrected chi connectivity index (χ2v) is 5.19. The normalized spacial score (nSPS) is 13.8. The van der Waals surface area contributed by atoms with Crippen LogP contribution in [0, 0.1) is 0 Å². The minimum absolute atomic E-state index is 0.154. The van der Waals surface area contributed by atoms with Gasteiger partial charge in [-0.1, -0.05) is 12.1 Å². The number of carbonyl (C=O) groups excluding carboxylic acids is 3. The fourth-order valence-electron chi connectivity index (χ4n) is 2.14. The van der Waals surface area contributed by atoms with Crippen LogP contribution in [0.5, 0.6) is 11.5 Å². The molecule has 26 heavy (non-hydrogen) atoms. The van der Waals surface area contributed by atoms with Crippen LogP contribution >= 0.6 is 0 Å². The number of ether oxygens (including phenoxy) is 3. The number of hydrogen-bond donors (Lipinski definition) is 1. The maximum absolute atomic E-state index is 12.9. The van der Waals surface area contributed by atoms with Crippen molar-refractivity contribution in [1.29, 1.82) is 0 Å². The molecule has 1 aliphatic rings. The van der Waals surface area contributed by atoms with E-state index in [4.69, 9.17) is 4.74 Å². The summed E-state index contributed by atoms with van der Waals surface area (Å²) in [5.41, 5.74) is 0.739. The topological polar surface area (TPSA) is 90.9 Å². The van der Waals surface area contributed by atoms with Gasteiger partial charge in [-0.2, -0.15) is 0 Å². The predicted octanol–water partition coefficient (Wildman–Crippen LogP) is 2.62. The van der Waals surface area contributed by atoms with Crippen molar-refractivity contribution in [2.24, 2.45) is 0 Å². The molecule has 3 rings (SSSR count). The molecular weight excluding hydrogens is 352 g/mol. The first-order valence-electron chi connectivity index (χ1n) is 7.28.